The summed E-state index contributed by atoms with van der Waals surface area (Å²) in [5.74, 6) is -0.0985. The van der Waals surface area contributed by atoms with Gasteiger partial charge in [-0.15, -0.1) is 0 Å². The van der Waals surface area contributed by atoms with Gasteiger partial charge in [0, 0.05) is 26.2 Å². The quantitative estimate of drug-likeness (QED) is 0.721. The van der Waals surface area contributed by atoms with E-state index in [0.717, 1.165) is 12.1 Å². The molecule has 0 bridgehead atoms. The molecule has 0 fully saturated rings. The summed E-state index contributed by atoms with van der Waals surface area (Å²) in [5, 5.41) is 7.22. The Kier molecular flexibility index (Phi) is 6.52. The molecule has 1 unspecified atom stereocenters. The summed E-state index contributed by atoms with van der Waals surface area (Å²) >= 11 is 0. The van der Waals surface area contributed by atoms with Gasteiger partial charge in [-0.25, -0.2) is 0 Å². The highest BCUT2D eigenvalue weighted by Gasteiger charge is 2.13. The molecule has 6 heteroatoms. The molecule has 1 atom stereocenters. The first-order valence-electron chi connectivity index (χ1n) is 6.71. The van der Waals surface area contributed by atoms with Crippen LogP contribution in [0.5, 0.6) is 0 Å². The number of ether oxygens (including phenoxy) is 1. The summed E-state index contributed by atoms with van der Waals surface area (Å²) in [6.07, 6.45) is 1.52. The van der Waals surface area contributed by atoms with E-state index >= 15 is 0 Å². The first-order chi connectivity index (χ1) is 9.12. The van der Waals surface area contributed by atoms with E-state index in [2.05, 4.69) is 10.4 Å². The maximum Gasteiger partial charge on any atom is 0.269 e. The Morgan fingerprint density at radius 2 is 2.32 bits per heavy atom. The van der Waals surface area contributed by atoms with E-state index in [1.165, 1.54) is 0 Å². The van der Waals surface area contributed by atoms with Crippen molar-refractivity contribution in [3.8, 4) is 0 Å². The van der Waals surface area contributed by atoms with Crippen molar-refractivity contribution >= 4 is 5.91 Å². The van der Waals surface area contributed by atoms with Gasteiger partial charge in [0.2, 0.25) is 0 Å². The van der Waals surface area contributed by atoms with Gasteiger partial charge in [-0.2, -0.15) is 5.10 Å². The lowest BCUT2D eigenvalue weighted by atomic mass is 10.2. The Bertz CT molecular complexity index is 403. The van der Waals surface area contributed by atoms with Crippen molar-refractivity contribution in [1.29, 1.82) is 0 Å². The first-order valence-corrected chi connectivity index (χ1v) is 6.71. The third-order valence-corrected chi connectivity index (χ3v) is 2.91. The Balaban J connectivity index is 2.51. The second-order valence-electron chi connectivity index (χ2n) is 4.45. The molecule has 0 saturated carbocycles. The molecule has 1 heterocycles. The standard InChI is InChI=1S/C13H24N4O2/c1-4-11-8-12(17(5-2)16-11)13(18)15-7-6-10(14)9-19-3/h8,10H,4-7,9,14H2,1-3H3,(H,15,18). The molecule has 1 amide bonds. The summed E-state index contributed by atoms with van der Waals surface area (Å²) in [6.45, 7) is 5.72. The minimum atomic E-state index is -0.0985. The maximum absolute atomic E-state index is 12.0. The Morgan fingerprint density at radius 1 is 1.58 bits per heavy atom. The SMILES string of the molecule is CCc1cc(C(=O)NCCC(N)COC)n(CC)n1. The molecule has 3 N–H and O–H groups in total. The predicted octanol–water partition coefficient (Wildman–Crippen LogP) is 0.559. The summed E-state index contributed by atoms with van der Waals surface area (Å²) in [5.41, 5.74) is 7.34. The fraction of sp³-hybridized carbons (Fsp3) is 0.692. The van der Waals surface area contributed by atoms with Crippen LogP contribution in [-0.4, -0.2) is 42.0 Å². The Hall–Kier alpha value is -1.40. The molecule has 0 spiro atoms. The van der Waals surface area contributed by atoms with Gasteiger partial charge in [-0.05, 0) is 25.8 Å². The van der Waals surface area contributed by atoms with Crippen LogP contribution in [0.1, 0.15) is 36.5 Å². The molecule has 0 radical (unpaired) electrons. The number of aromatic nitrogens is 2. The number of nitrogens with one attached hydrogen (secondary N) is 1. The third-order valence-electron chi connectivity index (χ3n) is 2.91. The molecule has 0 saturated heterocycles. The molecule has 108 valence electrons. The van der Waals surface area contributed by atoms with Crippen LogP contribution < -0.4 is 11.1 Å². The third kappa shape index (κ3) is 4.65. The Labute approximate surface area is 114 Å². The monoisotopic (exact) mass is 268 g/mol. The lowest BCUT2D eigenvalue weighted by Crippen LogP contribution is -2.33. The van der Waals surface area contributed by atoms with Gasteiger partial charge >= 0.3 is 0 Å². The van der Waals surface area contributed by atoms with Crippen LogP contribution in [0, 0.1) is 0 Å². The zero-order valence-electron chi connectivity index (χ0n) is 12.0. The van der Waals surface area contributed by atoms with E-state index in [4.69, 9.17) is 10.5 Å². The summed E-state index contributed by atoms with van der Waals surface area (Å²) in [4.78, 5) is 12.0. The fourth-order valence-electron chi connectivity index (χ4n) is 1.83. The van der Waals surface area contributed by atoms with Crippen LogP contribution in [0.3, 0.4) is 0 Å². The van der Waals surface area contributed by atoms with Gasteiger partial charge in [-0.3, -0.25) is 9.48 Å². The predicted molar refractivity (Wildman–Crippen MR) is 74.1 cm³/mol. The molecule has 1 aromatic heterocycles. The average Bonchev–Trinajstić information content (AvgIpc) is 2.82. The van der Waals surface area contributed by atoms with Gasteiger partial charge in [-0.1, -0.05) is 6.92 Å². The highest BCUT2D eigenvalue weighted by molar-refractivity contribution is 5.92. The number of hydrogen-bond acceptors (Lipinski definition) is 4. The van der Waals surface area contributed by atoms with E-state index in [1.54, 1.807) is 11.8 Å². The minimum Gasteiger partial charge on any atom is -0.383 e. The lowest BCUT2D eigenvalue weighted by Gasteiger charge is -2.11. The molecule has 0 aliphatic carbocycles. The molecular formula is C13H24N4O2. The number of methoxy groups -OCH3 is 1. The highest BCUT2D eigenvalue weighted by Crippen LogP contribution is 2.05. The van der Waals surface area contributed by atoms with Crippen LogP contribution >= 0.6 is 0 Å². The van der Waals surface area contributed by atoms with Crippen molar-refractivity contribution in [1.82, 2.24) is 15.1 Å². The van der Waals surface area contributed by atoms with E-state index in [1.807, 2.05) is 19.9 Å². The van der Waals surface area contributed by atoms with Crippen LogP contribution in [0.25, 0.3) is 0 Å². The van der Waals surface area contributed by atoms with Crippen LogP contribution in [-0.2, 0) is 17.7 Å². The largest absolute Gasteiger partial charge is 0.383 e. The van der Waals surface area contributed by atoms with Crippen molar-refractivity contribution in [3.63, 3.8) is 0 Å². The molecular weight excluding hydrogens is 244 g/mol. The summed E-state index contributed by atoms with van der Waals surface area (Å²) in [7, 11) is 1.62. The van der Waals surface area contributed by atoms with E-state index < -0.39 is 0 Å². The van der Waals surface area contributed by atoms with Gasteiger partial charge in [0.25, 0.3) is 5.91 Å². The molecule has 0 aromatic carbocycles. The minimum absolute atomic E-state index is 0.0485. The van der Waals surface area contributed by atoms with Gasteiger partial charge < -0.3 is 15.8 Å². The topological polar surface area (TPSA) is 82.2 Å². The number of nitrogens with zero attached hydrogens (tertiary/aromatic N) is 2. The molecule has 0 aliphatic rings. The molecule has 1 rings (SSSR count). The van der Waals surface area contributed by atoms with Gasteiger partial charge in [0.1, 0.15) is 5.69 Å². The number of carbonyl (C=O) groups excluding carboxylic acids is 1. The highest BCUT2D eigenvalue weighted by atomic mass is 16.5. The molecule has 1 aromatic rings. The maximum atomic E-state index is 12.0. The van der Waals surface area contributed by atoms with Crippen molar-refractivity contribution in [2.75, 3.05) is 20.3 Å². The number of aryl methyl sites for hydroxylation is 2. The van der Waals surface area contributed by atoms with Crippen LogP contribution in [0.2, 0.25) is 0 Å². The summed E-state index contributed by atoms with van der Waals surface area (Å²) < 4.78 is 6.67. The van der Waals surface area contributed by atoms with Crippen molar-refractivity contribution in [3.05, 3.63) is 17.5 Å². The number of carbonyl (C=O) groups is 1. The fourth-order valence-corrected chi connectivity index (χ4v) is 1.83. The van der Waals surface area contributed by atoms with Crippen molar-refractivity contribution in [2.24, 2.45) is 5.73 Å². The number of hydrogen-bond donors (Lipinski definition) is 2. The first kappa shape index (κ1) is 15.7. The number of nitrogens with two attached hydrogens (primary N) is 1. The number of rotatable bonds is 8. The lowest BCUT2D eigenvalue weighted by molar-refractivity contribution is 0.0939. The second kappa shape index (κ2) is 7.91. The second-order valence-corrected chi connectivity index (χ2v) is 4.45. The normalized spacial score (nSPS) is 12.4. The zero-order chi connectivity index (χ0) is 14.3. The van der Waals surface area contributed by atoms with E-state index in [0.29, 0.717) is 31.8 Å². The van der Waals surface area contributed by atoms with Gasteiger partial charge in [0.05, 0.1) is 12.3 Å². The van der Waals surface area contributed by atoms with E-state index in [-0.39, 0.29) is 11.9 Å². The van der Waals surface area contributed by atoms with Gasteiger partial charge in [0.15, 0.2) is 0 Å². The smallest absolute Gasteiger partial charge is 0.269 e. The molecule has 6 nitrogen and oxygen atoms in total. The van der Waals surface area contributed by atoms with Crippen LogP contribution in [0.4, 0.5) is 0 Å². The molecule has 0 aliphatic heterocycles. The average molecular weight is 268 g/mol. The van der Waals surface area contributed by atoms with Crippen LogP contribution in [0.15, 0.2) is 6.07 Å². The van der Waals surface area contributed by atoms with E-state index in [9.17, 15) is 4.79 Å². The van der Waals surface area contributed by atoms with Crippen molar-refractivity contribution in [2.45, 2.75) is 39.3 Å². The summed E-state index contributed by atoms with van der Waals surface area (Å²) in [6, 6.07) is 1.79. The molecule has 19 heavy (non-hydrogen) atoms. The Morgan fingerprint density at radius 3 is 2.89 bits per heavy atom. The van der Waals surface area contributed by atoms with Crippen molar-refractivity contribution < 1.29 is 9.53 Å². The number of amides is 1. The zero-order valence-corrected chi connectivity index (χ0v) is 12.0.